The van der Waals surface area contributed by atoms with Gasteiger partial charge in [0.15, 0.2) is 11.5 Å². The Morgan fingerprint density at radius 1 is 1.17 bits per heavy atom. The topological polar surface area (TPSA) is 56.8 Å². The molecule has 1 aliphatic rings. The Morgan fingerprint density at radius 2 is 1.96 bits per heavy atom. The third kappa shape index (κ3) is 3.52. The second kappa shape index (κ2) is 6.79. The van der Waals surface area contributed by atoms with Gasteiger partial charge in [0.05, 0.1) is 16.1 Å². The summed E-state index contributed by atoms with van der Waals surface area (Å²) in [6, 6.07) is 8.18. The number of benzene rings is 2. The van der Waals surface area contributed by atoms with Crippen LogP contribution in [0, 0.1) is 0 Å². The summed E-state index contributed by atoms with van der Waals surface area (Å²) in [6.45, 7) is 3.91. The predicted octanol–water partition coefficient (Wildman–Crippen LogP) is 4.76. The van der Waals surface area contributed by atoms with Crippen LogP contribution in [0.2, 0.25) is 10.0 Å². The van der Waals surface area contributed by atoms with E-state index in [9.17, 15) is 4.79 Å². The fourth-order valence-electron chi connectivity index (χ4n) is 2.23. The molecule has 0 spiro atoms. The van der Waals surface area contributed by atoms with Crippen molar-refractivity contribution in [1.29, 1.82) is 0 Å². The summed E-state index contributed by atoms with van der Waals surface area (Å²) in [4.78, 5) is 12.4. The summed E-state index contributed by atoms with van der Waals surface area (Å²) >= 11 is 12.3. The van der Waals surface area contributed by atoms with E-state index in [0.717, 1.165) is 0 Å². The van der Waals surface area contributed by atoms with Crippen molar-refractivity contribution in [2.24, 2.45) is 0 Å². The van der Waals surface area contributed by atoms with Gasteiger partial charge in [-0.2, -0.15) is 0 Å². The van der Waals surface area contributed by atoms with Gasteiger partial charge in [-0.25, -0.2) is 0 Å². The van der Waals surface area contributed by atoms with Crippen molar-refractivity contribution in [1.82, 2.24) is 0 Å². The van der Waals surface area contributed by atoms with Gasteiger partial charge in [0.1, 0.15) is 5.75 Å². The Balaban J connectivity index is 1.78. The second-order valence-electron chi connectivity index (χ2n) is 5.46. The molecule has 0 saturated heterocycles. The molecule has 0 aliphatic carbocycles. The Labute approximate surface area is 149 Å². The molecule has 5 nitrogen and oxygen atoms in total. The van der Waals surface area contributed by atoms with Crippen LogP contribution in [0.25, 0.3) is 0 Å². The molecule has 0 unspecified atom stereocenters. The minimum Gasteiger partial charge on any atom is -0.489 e. The first-order valence-electron chi connectivity index (χ1n) is 7.30. The number of hydrogen-bond donors (Lipinski definition) is 1. The molecule has 126 valence electrons. The van der Waals surface area contributed by atoms with E-state index >= 15 is 0 Å². The first-order valence-corrected chi connectivity index (χ1v) is 8.06. The summed E-state index contributed by atoms with van der Waals surface area (Å²) in [6.07, 6.45) is 0.0127. The number of hydrogen-bond acceptors (Lipinski definition) is 4. The van der Waals surface area contributed by atoms with Crippen LogP contribution in [0.15, 0.2) is 30.3 Å². The van der Waals surface area contributed by atoms with Crippen molar-refractivity contribution >= 4 is 34.8 Å². The maximum atomic E-state index is 12.4. The summed E-state index contributed by atoms with van der Waals surface area (Å²) < 4.78 is 16.1. The molecule has 24 heavy (non-hydrogen) atoms. The largest absolute Gasteiger partial charge is 0.489 e. The van der Waals surface area contributed by atoms with Crippen molar-refractivity contribution in [3.8, 4) is 17.2 Å². The van der Waals surface area contributed by atoms with Gasteiger partial charge in [-0.1, -0.05) is 23.2 Å². The maximum Gasteiger partial charge on any atom is 0.255 e. The van der Waals surface area contributed by atoms with E-state index < -0.39 is 0 Å². The van der Waals surface area contributed by atoms with Gasteiger partial charge < -0.3 is 19.5 Å². The number of ether oxygens (including phenoxy) is 3. The van der Waals surface area contributed by atoms with E-state index in [1.54, 1.807) is 24.3 Å². The first kappa shape index (κ1) is 16.7. The van der Waals surface area contributed by atoms with Gasteiger partial charge in [-0.15, -0.1) is 0 Å². The van der Waals surface area contributed by atoms with E-state index in [1.165, 1.54) is 6.07 Å². The molecule has 0 radical (unpaired) electrons. The summed E-state index contributed by atoms with van der Waals surface area (Å²) in [5.74, 6) is 1.14. The van der Waals surface area contributed by atoms with Crippen molar-refractivity contribution < 1.29 is 19.0 Å². The molecule has 7 heteroatoms. The lowest BCUT2D eigenvalue weighted by Gasteiger charge is -2.13. The van der Waals surface area contributed by atoms with Gasteiger partial charge in [-0.05, 0) is 44.2 Å². The lowest BCUT2D eigenvalue weighted by molar-refractivity contribution is 0.102. The van der Waals surface area contributed by atoms with Crippen LogP contribution in [-0.4, -0.2) is 18.8 Å². The van der Waals surface area contributed by atoms with Crippen LogP contribution in [-0.2, 0) is 0 Å². The van der Waals surface area contributed by atoms with E-state index in [0.29, 0.717) is 38.5 Å². The molecule has 2 aromatic rings. The number of halogens is 2. The minimum absolute atomic E-state index is 0.0127. The molecule has 0 atom stereocenters. The number of amides is 1. The highest BCUT2D eigenvalue weighted by molar-refractivity contribution is 6.33. The number of rotatable bonds is 4. The molecule has 0 aromatic heterocycles. The van der Waals surface area contributed by atoms with Crippen LogP contribution in [0.3, 0.4) is 0 Å². The Morgan fingerprint density at radius 3 is 2.67 bits per heavy atom. The molecule has 2 aromatic carbocycles. The fourth-order valence-corrected chi connectivity index (χ4v) is 2.72. The number of carbonyl (C=O) groups is 1. The van der Waals surface area contributed by atoms with E-state index in [1.807, 2.05) is 13.8 Å². The summed E-state index contributed by atoms with van der Waals surface area (Å²) in [5, 5.41) is 3.51. The Hall–Kier alpha value is -2.11. The monoisotopic (exact) mass is 367 g/mol. The van der Waals surface area contributed by atoms with Gasteiger partial charge in [0.25, 0.3) is 5.91 Å². The van der Waals surface area contributed by atoms with E-state index in [2.05, 4.69) is 5.32 Å². The molecule has 1 N–H and O–H groups in total. The Kier molecular flexibility index (Phi) is 4.73. The van der Waals surface area contributed by atoms with Crippen LogP contribution < -0.4 is 19.5 Å². The number of carbonyl (C=O) groups excluding carboxylic acids is 1. The van der Waals surface area contributed by atoms with Crippen LogP contribution in [0.1, 0.15) is 24.2 Å². The highest BCUT2D eigenvalue weighted by Gasteiger charge is 2.21. The molecule has 3 rings (SSSR count). The van der Waals surface area contributed by atoms with Crippen LogP contribution >= 0.6 is 23.2 Å². The normalized spacial score (nSPS) is 12.4. The zero-order valence-electron chi connectivity index (χ0n) is 13.1. The number of anilines is 1. The summed E-state index contributed by atoms with van der Waals surface area (Å²) in [7, 11) is 0. The van der Waals surface area contributed by atoms with Crippen LogP contribution in [0.4, 0.5) is 5.69 Å². The molecule has 1 amide bonds. The predicted molar refractivity (Wildman–Crippen MR) is 92.7 cm³/mol. The minimum atomic E-state index is -0.330. The van der Waals surface area contributed by atoms with Crippen molar-refractivity contribution in [2.45, 2.75) is 20.0 Å². The van der Waals surface area contributed by atoms with Gasteiger partial charge in [0.2, 0.25) is 6.79 Å². The quantitative estimate of drug-likeness (QED) is 0.845. The van der Waals surface area contributed by atoms with Crippen molar-refractivity contribution in [3.63, 3.8) is 0 Å². The number of fused-ring (bicyclic) bond motifs is 1. The zero-order chi connectivity index (χ0) is 17.3. The summed E-state index contributed by atoms with van der Waals surface area (Å²) in [5.41, 5.74) is 0.915. The highest BCUT2D eigenvalue weighted by atomic mass is 35.5. The maximum absolute atomic E-state index is 12.4. The second-order valence-corrected chi connectivity index (χ2v) is 6.27. The van der Waals surface area contributed by atoms with Crippen molar-refractivity contribution in [3.05, 3.63) is 45.9 Å². The number of nitrogens with one attached hydrogen (secondary N) is 1. The fraction of sp³-hybridized carbons (Fsp3) is 0.235. The SMILES string of the molecule is CC(C)Oc1ccc(NC(=O)c2cc(Cl)c3c(c2)OCO3)cc1Cl. The van der Waals surface area contributed by atoms with E-state index in [4.69, 9.17) is 37.4 Å². The van der Waals surface area contributed by atoms with Gasteiger partial charge in [0, 0.05) is 11.3 Å². The van der Waals surface area contributed by atoms with Gasteiger partial charge in [-0.3, -0.25) is 4.79 Å². The third-order valence-electron chi connectivity index (χ3n) is 3.24. The van der Waals surface area contributed by atoms with Crippen LogP contribution in [0.5, 0.6) is 17.2 Å². The molecular formula is C17H15Cl2NO4. The standard InChI is InChI=1S/C17H15Cl2NO4/c1-9(2)24-14-4-3-11(7-12(14)18)20-17(21)10-5-13(19)16-15(6-10)22-8-23-16/h3-7,9H,8H2,1-2H3,(H,20,21). The molecule has 1 aliphatic heterocycles. The smallest absolute Gasteiger partial charge is 0.255 e. The molecule has 0 bridgehead atoms. The van der Waals surface area contributed by atoms with E-state index in [-0.39, 0.29) is 18.8 Å². The average molecular weight is 368 g/mol. The zero-order valence-corrected chi connectivity index (χ0v) is 14.6. The van der Waals surface area contributed by atoms with Gasteiger partial charge >= 0.3 is 0 Å². The molecule has 0 fully saturated rings. The molecule has 1 heterocycles. The lowest BCUT2D eigenvalue weighted by Crippen LogP contribution is -2.12. The average Bonchev–Trinajstić information content (AvgIpc) is 2.98. The Bertz CT molecular complexity index is 792. The van der Waals surface area contributed by atoms with Crippen molar-refractivity contribution in [2.75, 3.05) is 12.1 Å². The molecule has 0 saturated carbocycles. The highest BCUT2D eigenvalue weighted by Crippen LogP contribution is 2.40. The molecular weight excluding hydrogens is 353 g/mol. The lowest BCUT2D eigenvalue weighted by atomic mass is 10.2. The first-order chi connectivity index (χ1) is 11.4. The third-order valence-corrected chi connectivity index (χ3v) is 3.82.